The first-order valence-electron chi connectivity index (χ1n) is 7.35. The zero-order valence-corrected chi connectivity index (χ0v) is 13.3. The van der Waals surface area contributed by atoms with E-state index in [-0.39, 0.29) is 5.69 Å². The van der Waals surface area contributed by atoms with Gasteiger partial charge < -0.3 is 18.9 Å². The Balaban J connectivity index is 1.73. The van der Waals surface area contributed by atoms with Gasteiger partial charge in [0.15, 0.2) is 0 Å². The second-order valence-electron chi connectivity index (χ2n) is 6.56. The molecule has 8 nitrogen and oxygen atoms in total. The fourth-order valence-corrected chi connectivity index (χ4v) is 2.35. The lowest BCUT2D eigenvalue weighted by Gasteiger charge is -2.32. The Morgan fingerprint density at radius 3 is 2.59 bits per heavy atom. The summed E-state index contributed by atoms with van der Waals surface area (Å²) in [7, 11) is -0.522. The van der Waals surface area contributed by atoms with Crippen LogP contribution < -0.4 is 5.69 Å². The van der Waals surface area contributed by atoms with E-state index < -0.39 is 18.3 Å². The van der Waals surface area contributed by atoms with Gasteiger partial charge in [-0.3, -0.25) is 4.98 Å². The molecular formula is C13H21BN4O4. The van der Waals surface area contributed by atoms with Crippen LogP contribution in [0.3, 0.4) is 0 Å². The van der Waals surface area contributed by atoms with Crippen LogP contribution in [0.1, 0.15) is 33.5 Å². The highest BCUT2D eigenvalue weighted by atomic mass is 16.7. The van der Waals surface area contributed by atoms with Crippen LogP contribution in [0.25, 0.3) is 0 Å². The Bertz CT molecular complexity index is 620. The van der Waals surface area contributed by atoms with Gasteiger partial charge in [-0.05, 0) is 27.7 Å². The average Bonchev–Trinajstić information content (AvgIpc) is 2.91. The molecule has 0 aromatic carbocycles. The molecule has 2 N–H and O–H groups in total. The van der Waals surface area contributed by atoms with E-state index in [1.165, 1.54) is 0 Å². The lowest BCUT2D eigenvalue weighted by molar-refractivity contribution is 0.00578. The predicted molar refractivity (Wildman–Crippen MR) is 79.7 cm³/mol. The molecule has 0 atom stereocenters. The van der Waals surface area contributed by atoms with Gasteiger partial charge >= 0.3 is 12.8 Å². The molecule has 3 rings (SSSR count). The van der Waals surface area contributed by atoms with Gasteiger partial charge in [0, 0.05) is 6.20 Å². The fraction of sp³-hybridized carbons (Fsp3) is 0.692. The molecular weight excluding hydrogens is 287 g/mol. The van der Waals surface area contributed by atoms with E-state index in [9.17, 15) is 4.79 Å². The Morgan fingerprint density at radius 2 is 2.00 bits per heavy atom. The summed E-state index contributed by atoms with van der Waals surface area (Å²) in [4.78, 5) is 15.7. The van der Waals surface area contributed by atoms with Crippen molar-refractivity contribution in [3.63, 3.8) is 0 Å². The lowest BCUT2D eigenvalue weighted by Crippen LogP contribution is -2.41. The van der Waals surface area contributed by atoms with E-state index in [0.717, 1.165) is 0 Å². The molecule has 2 aliphatic heterocycles. The van der Waals surface area contributed by atoms with Crippen LogP contribution in [0.2, 0.25) is 0 Å². The highest BCUT2D eigenvalue weighted by molar-refractivity contribution is 6.53. The van der Waals surface area contributed by atoms with Gasteiger partial charge in [-0.2, -0.15) is 5.10 Å². The summed E-state index contributed by atoms with van der Waals surface area (Å²) in [6.07, 6.45) is 1.86. The third kappa shape index (κ3) is 2.78. The standard InChI is InChI=1S/C13H21BN4O4/c1-12(2)13(3,4)22-14(21-12)9-7-18(5-6-20-9)8-10-15-11(19)17-16-10/h7H,5-6,8H2,1-4H3,(H2,15,16,17,19). The highest BCUT2D eigenvalue weighted by Crippen LogP contribution is 2.39. The minimum atomic E-state index is -0.522. The summed E-state index contributed by atoms with van der Waals surface area (Å²) in [5.74, 6) is 0.580. The van der Waals surface area contributed by atoms with Crippen molar-refractivity contribution in [2.45, 2.75) is 45.4 Å². The largest absolute Gasteiger partial charge is 0.533 e. The zero-order chi connectivity index (χ0) is 16.0. The maximum absolute atomic E-state index is 11.1. The SMILES string of the molecule is CC1(C)OB(C2=CN(Cc3n[nH]c(=O)[nH]3)CCO2)OC1(C)C. The van der Waals surface area contributed by atoms with Crippen molar-refractivity contribution in [2.24, 2.45) is 0 Å². The monoisotopic (exact) mass is 308 g/mol. The first-order chi connectivity index (χ1) is 10.3. The number of aromatic nitrogens is 3. The summed E-state index contributed by atoms with van der Waals surface area (Å²) < 4.78 is 17.7. The van der Waals surface area contributed by atoms with Gasteiger partial charge in [0.2, 0.25) is 0 Å². The number of H-pyrrole nitrogens is 2. The molecule has 0 unspecified atom stereocenters. The van der Waals surface area contributed by atoms with Crippen LogP contribution in [0.5, 0.6) is 0 Å². The fourth-order valence-electron chi connectivity index (χ4n) is 2.35. The number of rotatable bonds is 3. The summed E-state index contributed by atoms with van der Waals surface area (Å²) in [6.45, 7) is 9.74. The van der Waals surface area contributed by atoms with Crippen LogP contribution in [0.15, 0.2) is 16.7 Å². The van der Waals surface area contributed by atoms with Crippen molar-refractivity contribution in [1.82, 2.24) is 20.1 Å². The molecule has 1 saturated heterocycles. The molecule has 2 aliphatic rings. The van der Waals surface area contributed by atoms with E-state index in [4.69, 9.17) is 14.0 Å². The number of aromatic amines is 2. The minimum Gasteiger partial charge on any atom is -0.498 e. The van der Waals surface area contributed by atoms with E-state index in [1.54, 1.807) is 0 Å². The average molecular weight is 308 g/mol. The molecule has 0 amide bonds. The zero-order valence-electron chi connectivity index (χ0n) is 13.3. The number of nitrogens with zero attached hydrogens (tertiary/aromatic N) is 2. The summed E-state index contributed by atoms with van der Waals surface area (Å²) in [5, 5.41) is 6.27. The van der Waals surface area contributed by atoms with Crippen molar-refractivity contribution >= 4 is 7.12 Å². The Morgan fingerprint density at radius 1 is 1.32 bits per heavy atom. The molecule has 3 heterocycles. The number of ether oxygens (including phenoxy) is 1. The summed E-state index contributed by atoms with van der Waals surface area (Å²) in [5.41, 5.74) is -0.476. The maximum atomic E-state index is 11.1. The first-order valence-corrected chi connectivity index (χ1v) is 7.35. The lowest BCUT2D eigenvalue weighted by atomic mass is 9.86. The van der Waals surface area contributed by atoms with Crippen LogP contribution in [-0.4, -0.2) is 51.6 Å². The molecule has 0 spiro atoms. The van der Waals surface area contributed by atoms with E-state index in [1.807, 2.05) is 38.8 Å². The van der Waals surface area contributed by atoms with Crippen molar-refractivity contribution < 1.29 is 14.0 Å². The summed E-state index contributed by atoms with van der Waals surface area (Å²) >= 11 is 0. The Kier molecular flexibility index (Phi) is 3.56. The highest BCUT2D eigenvalue weighted by Gasteiger charge is 2.53. The molecule has 0 bridgehead atoms. The van der Waals surface area contributed by atoms with Crippen LogP contribution in [0.4, 0.5) is 0 Å². The molecule has 120 valence electrons. The van der Waals surface area contributed by atoms with Gasteiger partial charge in [0.1, 0.15) is 18.1 Å². The van der Waals surface area contributed by atoms with Crippen LogP contribution >= 0.6 is 0 Å². The Hall–Kier alpha value is -1.74. The first kappa shape index (κ1) is 15.2. The van der Waals surface area contributed by atoms with Gasteiger partial charge in [-0.25, -0.2) is 9.89 Å². The number of hydrogen-bond acceptors (Lipinski definition) is 6. The smallest absolute Gasteiger partial charge is 0.498 e. The van der Waals surface area contributed by atoms with Crippen molar-refractivity contribution in [1.29, 1.82) is 0 Å². The quantitative estimate of drug-likeness (QED) is 0.785. The van der Waals surface area contributed by atoms with Gasteiger partial charge in [-0.1, -0.05) is 0 Å². The predicted octanol–water partition coefficient (Wildman–Crippen LogP) is 0.403. The van der Waals surface area contributed by atoms with E-state index in [0.29, 0.717) is 31.2 Å². The molecule has 1 fully saturated rings. The molecule has 22 heavy (non-hydrogen) atoms. The third-order valence-corrected chi connectivity index (χ3v) is 4.35. The number of hydrogen-bond donors (Lipinski definition) is 2. The van der Waals surface area contributed by atoms with Crippen molar-refractivity contribution in [3.8, 4) is 0 Å². The third-order valence-electron chi connectivity index (χ3n) is 4.35. The second-order valence-corrected chi connectivity index (χ2v) is 6.56. The molecule has 0 radical (unpaired) electrons. The molecule has 0 aliphatic carbocycles. The normalized spacial score (nSPS) is 23.4. The topological polar surface area (TPSA) is 92.5 Å². The van der Waals surface area contributed by atoms with E-state index in [2.05, 4.69) is 15.2 Å². The van der Waals surface area contributed by atoms with E-state index >= 15 is 0 Å². The molecule has 1 aromatic rings. The second kappa shape index (κ2) is 5.17. The molecule has 9 heteroatoms. The van der Waals surface area contributed by atoms with Crippen LogP contribution in [-0.2, 0) is 20.6 Å². The van der Waals surface area contributed by atoms with Crippen LogP contribution in [0, 0.1) is 0 Å². The van der Waals surface area contributed by atoms with Gasteiger partial charge in [0.05, 0.1) is 24.3 Å². The molecule has 1 aromatic heterocycles. The Labute approximate surface area is 129 Å². The summed E-state index contributed by atoms with van der Waals surface area (Å²) in [6, 6.07) is 0. The maximum Gasteiger partial charge on any atom is 0.533 e. The number of nitrogens with one attached hydrogen (secondary N) is 2. The van der Waals surface area contributed by atoms with Crippen molar-refractivity contribution in [3.05, 3.63) is 28.2 Å². The van der Waals surface area contributed by atoms with Gasteiger partial charge in [0.25, 0.3) is 0 Å². The molecule has 0 saturated carbocycles. The van der Waals surface area contributed by atoms with Gasteiger partial charge in [-0.15, -0.1) is 0 Å². The minimum absolute atomic E-state index is 0.307. The van der Waals surface area contributed by atoms with Crippen molar-refractivity contribution in [2.75, 3.05) is 13.2 Å².